The van der Waals surface area contributed by atoms with Gasteiger partial charge in [-0.25, -0.2) is 0 Å². The number of aliphatic hydroxyl groups is 1. The Morgan fingerprint density at radius 1 is 1.11 bits per heavy atom. The minimum Gasteiger partial charge on any atom is -0.390 e. The van der Waals surface area contributed by atoms with Crippen LogP contribution in [-0.4, -0.2) is 49.3 Å². The summed E-state index contributed by atoms with van der Waals surface area (Å²) in [5, 5.41) is 10.5. The fraction of sp³-hybridized carbons (Fsp3) is 1.00. The van der Waals surface area contributed by atoms with Gasteiger partial charge < -0.3 is 19.3 Å². The molecular formula is C14H24O4. The summed E-state index contributed by atoms with van der Waals surface area (Å²) < 4.78 is 17.1. The lowest BCUT2D eigenvalue weighted by Gasteiger charge is -2.41. The Hall–Kier alpha value is -0.160. The summed E-state index contributed by atoms with van der Waals surface area (Å²) in [6, 6.07) is 0. The van der Waals surface area contributed by atoms with Crippen molar-refractivity contribution >= 4 is 0 Å². The Kier molecular flexibility index (Phi) is 3.89. The fourth-order valence-electron chi connectivity index (χ4n) is 3.56. The maximum absolute atomic E-state index is 10.5. The first kappa shape index (κ1) is 12.9. The highest BCUT2D eigenvalue weighted by atomic mass is 16.6. The second-order valence-electron chi connectivity index (χ2n) is 5.98. The highest BCUT2D eigenvalue weighted by Gasteiger charge is 2.44. The Morgan fingerprint density at radius 2 is 2.06 bits per heavy atom. The lowest BCUT2D eigenvalue weighted by atomic mass is 9.80. The van der Waals surface area contributed by atoms with E-state index >= 15 is 0 Å². The second kappa shape index (κ2) is 5.45. The van der Waals surface area contributed by atoms with Crippen molar-refractivity contribution in [1.29, 1.82) is 0 Å². The molecule has 3 heterocycles. The van der Waals surface area contributed by atoms with Crippen LogP contribution in [0.25, 0.3) is 0 Å². The summed E-state index contributed by atoms with van der Waals surface area (Å²) in [4.78, 5) is 0. The van der Waals surface area contributed by atoms with Gasteiger partial charge in [0.1, 0.15) is 0 Å². The Bertz CT molecular complexity index is 269. The molecule has 4 nitrogen and oxygen atoms in total. The summed E-state index contributed by atoms with van der Waals surface area (Å²) >= 11 is 0. The molecule has 3 rings (SSSR count). The van der Waals surface area contributed by atoms with E-state index in [0.717, 1.165) is 51.9 Å². The molecule has 0 amide bonds. The number of aliphatic hydroxyl groups excluding tert-OH is 1. The van der Waals surface area contributed by atoms with Crippen molar-refractivity contribution in [2.45, 2.75) is 56.3 Å². The number of hydrogen-bond donors (Lipinski definition) is 1. The zero-order valence-corrected chi connectivity index (χ0v) is 11.0. The topological polar surface area (TPSA) is 47.9 Å². The Morgan fingerprint density at radius 3 is 2.78 bits per heavy atom. The van der Waals surface area contributed by atoms with Gasteiger partial charge in [0, 0.05) is 26.2 Å². The first-order valence-corrected chi connectivity index (χ1v) is 7.30. The molecule has 3 aliphatic rings. The van der Waals surface area contributed by atoms with Gasteiger partial charge in [-0.1, -0.05) is 0 Å². The first-order chi connectivity index (χ1) is 8.79. The number of ether oxygens (including phenoxy) is 3. The van der Waals surface area contributed by atoms with Crippen LogP contribution in [0.1, 0.15) is 38.5 Å². The van der Waals surface area contributed by atoms with Crippen LogP contribution in [0, 0.1) is 5.92 Å². The lowest BCUT2D eigenvalue weighted by molar-refractivity contribution is -0.145. The van der Waals surface area contributed by atoms with Gasteiger partial charge in [0.05, 0.1) is 24.4 Å². The third kappa shape index (κ3) is 2.57. The number of hydrogen-bond acceptors (Lipinski definition) is 4. The molecule has 104 valence electrons. The van der Waals surface area contributed by atoms with Crippen LogP contribution in [0.15, 0.2) is 0 Å². The zero-order chi connectivity index (χ0) is 12.4. The van der Waals surface area contributed by atoms with E-state index in [0.29, 0.717) is 12.5 Å². The molecular weight excluding hydrogens is 232 g/mol. The molecule has 0 aromatic rings. The molecule has 0 radical (unpaired) electrons. The average Bonchev–Trinajstić information content (AvgIpc) is 2.87. The predicted molar refractivity (Wildman–Crippen MR) is 66.4 cm³/mol. The van der Waals surface area contributed by atoms with Gasteiger partial charge in [-0.3, -0.25) is 0 Å². The quantitative estimate of drug-likeness (QED) is 0.813. The van der Waals surface area contributed by atoms with Crippen molar-refractivity contribution in [3.8, 4) is 0 Å². The zero-order valence-electron chi connectivity index (χ0n) is 11.0. The predicted octanol–water partition coefficient (Wildman–Crippen LogP) is 1.50. The third-order valence-electron chi connectivity index (χ3n) is 4.68. The molecule has 18 heavy (non-hydrogen) atoms. The van der Waals surface area contributed by atoms with Crippen molar-refractivity contribution in [3.63, 3.8) is 0 Å². The van der Waals surface area contributed by atoms with E-state index in [1.54, 1.807) is 0 Å². The molecule has 3 saturated heterocycles. The molecule has 0 aromatic heterocycles. The van der Waals surface area contributed by atoms with Gasteiger partial charge in [0.2, 0.25) is 0 Å². The van der Waals surface area contributed by atoms with Gasteiger partial charge in [0.15, 0.2) is 0 Å². The van der Waals surface area contributed by atoms with E-state index in [1.807, 2.05) is 0 Å². The van der Waals surface area contributed by atoms with Gasteiger partial charge in [0.25, 0.3) is 0 Å². The van der Waals surface area contributed by atoms with Crippen LogP contribution in [-0.2, 0) is 14.2 Å². The van der Waals surface area contributed by atoms with Crippen molar-refractivity contribution in [2.75, 3.05) is 26.4 Å². The summed E-state index contributed by atoms with van der Waals surface area (Å²) in [5.74, 6) is 0.309. The van der Waals surface area contributed by atoms with Crippen molar-refractivity contribution in [1.82, 2.24) is 0 Å². The lowest BCUT2D eigenvalue weighted by Crippen LogP contribution is -2.47. The van der Waals surface area contributed by atoms with Gasteiger partial charge in [-0.2, -0.15) is 0 Å². The van der Waals surface area contributed by atoms with Gasteiger partial charge in [-0.05, 0) is 38.0 Å². The van der Waals surface area contributed by atoms with E-state index in [4.69, 9.17) is 14.2 Å². The second-order valence-corrected chi connectivity index (χ2v) is 5.98. The van der Waals surface area contributed by atoms with E-state index in [1.165, 1.54) is 6.42 Å². The molecule has 4 heteroatoms. The molecule has 4 atom stereocenters. The summed E-state index contributed by atoms with van der Waals surface area (Å²) in [7, 11) is 0. The van der Waals surface area contributed by atoms with Crippen molar-refractivity contribution < 1.29 is 19.3 Å². The molecule has 1 spiro atoms. The summed E-state index contributed by atoms with van der Waals surface area (Å²) in [6.07, 6.45) is 5.88. The molecule has 0 bridgehead atoms. The standard InChI is InChI=1S/C14H24O4/c15-13(12-3-1-2-6-17-12)11-4-7-18-14(9-11)5-8-16-10-14/h11-13,15H,1-10H2. The van der Waals surface area contributed by atoms with Crippen LogP contribution < -0.4 is 0 Å². The smallest absolute Gasteiger partial charge is 0.0940 e. The minimum atomic E-state index is -0.327. The van der Waals surface area contributed by atoms with E-state index in [2.05, 4.69) is 0 Å². The van der Waals surface area contributed by atoms with E-state index in [-0.39, 0.29) is 17.8 Å². The van der Waals surface area contributed by atoms with Gasteiger partial charge >= 0.3 is 0 Å². The number of rotatable bonds is 2. The van der Waals surface area contributed by atoms with E-state index in [9.17, 15) is 5.11 Å². The molecule has 0 aromatic carbocycles. The molecule has 3 fully saturated rings. The minimum absolute atomic E-state index is 0.0428. The fourth-order valence-corrected chi connectivity index (χ4v) is 3.56. The molecule has 0 saturated carbocycles. The molecule has 3 aliphatic heterocycles. The van der Waals surface area contributed by atoms with Crippen LogP contribution in [0.3, 0.4) is 0 Å². The van der Waals surface area contributed by atoms with Crippen LogP contribution >= 0.6 is 0 Å². The maximum atomic E-state index is 10.5. The third-order valence-corrected chi connectivity index (χ3v) is 4.68. The molecule has 0 aliphatic carbocycles. The normalized spacial score (nSPS) is 43.2. The summed E-state index contributed by atoms with van der Waals surface area (Å²) in [5.41, 5.74) is -0.113. The maximum Gasteiger partial charge on any atom is 0.0940 e. The highest BCUT2D eigenvalue weighted by Crippen LogP contribution is 2.38. The van der Waals surface area contributed by atoms with Crippen LogP contribution in [0.2, 0.25) is 0 Å². The Labute approximate surface area is 109 Å². The monoisotopic (exact) mass is 256 g/mol. The average molecular weight is 256 g/mol. The summed E-state index contributed by atoms with van der Waals surface area (Å²) in [6.45, 7) is 3.04. The van der Waals surface area contributed by atoms with Crippen LogP contribution in [0.5, 0.6) is 0 Å². The van der Waals surface area contributed by atoms with Gasteiger partial charge in [-0.15, -0.1) is 0 Å². The van der Waals surface area contributed by atoms with Crippen molar-refractivity contribution in [3.05, 3.63) is 0 Å². The van der Waals surface area contributed by atoms with Crippen molar-refractivity contribution in [2.24, 2.45) is 5.92 Å². The molecule has 1 N–H and O–H groups in total. The molecule has 4 unspecified atom stereocenters. The van der Waals surface area contributed by atoms with Crippen LogP contribution in [0.4, 0.5) is 0 Å². The Balaban J connectivity index is 1.60. The highest BCUT2D eigenvalue weighted by molar-refractivity contribution is 4.93. The SMILES string of the molecule is OC(C1CCOC2(CCOC2)C1)C1CCCCO1. The largest absolute Gasteiger partial charge is 0.390 e. The van der Waals surface area contributed by atoms with E-state index < -0.39 is 0 Å². The first-order valence-electron chi connectivity index (χ1n) is 7.30.